The van der Waals surface area contributed by atoms with Gasteiger partial charge in [0, 0.05) is 33.1 Å². The lowest BCUT2D eigenvalue weighted by Gasteiger charge is -2.28. The SMILES string of the molecule is C#CCN1C(=O)OCc2cc(F)c(-n3c(=O)n(C)c(=S)n(C)c3=O)cc21.CCc1nc2c(Cl)cc(Cl)c(-c3nn(C)c(OC(F)F)c3Br)c2o1. The molecule has 0 N–H and O–H groups in total. The predicted octanol–water partition coefficient (Wildman–Crippen LogP) is 6.29. The van der Waals surface area contributed by atoms with Crippen LogP contribution in [0.2, 0.25) is 10.0 Å². The third kappa shape index (κ3) is 6.53. The number of ether oxygens (including phenoxy) is 2. The van der Waals surface area contributed by atoms with E-state index in [1.165, 1.54) is 38.0 Å². The molecule has 0 fully saturated rings. The van der Waals surface area contributed by atoms with Crippen molar-refractivity contribution in [1.29, 1.82) is 0 Å². The van der Waals surface area contributed by atoms with Crippen molar-refractivity contribution in [3.05, 3.63) is 75.7 Å². The molecule has 1 aliphatic rings. The summed E-state index contributed by atoms with van der Waals surface area (Å²) in [5.41, 5.74) is 0.182. The van der Waals surface area contributed by atoms with Crippen molar-refractivity contribution in [3.63, 3.8) is 0 Å². The molecule has 0 atom stereocenters. The van der Waals surface area contributed by atoms with E-state index in [4.69, 9.17) is 51.0 Å². The van der Waals surface area contributed by atoms with Gasteiger partial charge in [-0.15, -0.1) is 6.42 Å². The summed E-state index contributed by atoms with van der Waals surface area (Å²) in [6.45, 7) is -1.35. The molecule has 0 radical (unpaired) electrons. The number of hydrogen-bond acceptors (Lipinski definition) is 9. The van der Waals surface area contributed by atoms with Gasteiger partial charge in [0.2, 0.25) is 5.88 Å². The van der Waals surface area contributed by atoms with Gasteiger partial charge in [-0.05, 0) is 46.3 Å². The molecule has 262 valence electrons. The van der Waals surface area contributed by atoms with E-state index in [-0.39, 0.29) is 44.7 Å². The van der Waals surface area contributed by atoms with Crippen molar-refractivity contribution >= 4 is 74.2 Å². The van der Waals surface area contributed by atoms with Gasteiger partial charge in [-0.2, -0.15) is 13.9 Å². The Bertz CT molecular complexity index is 2380. The molecule has 50 heavy (non-hydrogen) atoms. The summed E-state index contributed by atoms with van der Waals surface area (Å²) in [4.78, 5) is 42.4. The number of alkyl halides is 2. The number of aromatic nitrogens is 6. The average molecular weight is 817 g/mol. The van der Waals surface area contributed by atoms with Gasteiger partial charge in [-0.25, -0.2) is 33.0 Å². The number of terminal acetylenes is 1. The maximum atomic E-state index is 14.7. The van der Waals surface area contributed by atoms with Crippen LogP contribution in [0.25, 0.3) is 28.0 Å². The number of halogens is 6. The Labute approximate surface area is 303 Å². The molecule has 0 saturated heterocycles. The van der Waals surface area contributed by atoms with Gasteiger partial charge in [0.1, 0.15) is 28.1 Å². The maximum absolute atomic E-state index is 14.7. The van der Waals surface area contributed by atoms with E-state index >= 15 is 0 Å². The van der Waals surface area contributed by atoms with Crippen LogP contribution in [0, 0.1) is 22.9 Å². The second-order valence-corrected chi connectivity index (χ2v) is 12.4. The normalized spacial score (nSPS) is 12.4. The molecule has 0 aliphatic carbocycles. The molecule has 0 unspecified atom stereocenters. The van der Waals surface area contributed by atoms with Crippen LogP contribution in [0.15, 0.2) is 36.7 Å². The summed E-state index contributed by atoms with van der Waals surface area (Å²) in [5.74, 6) is 1.84. The highest BCUT2D eigenvalue weighted by atomic mass is 79.9. The minimum Gasteiger partial charge on any atom is -0.444 e. The van der Waals surface area contributed by atoms with Crippen molar-refractivity contribution < 1.29 is 31.9 Å². The molecule has 3 aromatic heterocycles. The van der Waals surface area contributed by atoms with Crippen LogP contribution in [0.5, 0.6) is 5.88 Å². The summed E-state index contributed by atoms with van der Waals surface area (Å²) in [7, 11) is 4.22. The summed E-state index contributed by atoms with van der Waals surface area (Å²) < 4.78 is 59.1. The van der Waals surface area contributed by atoms with Crippen LogP contribution >= 0.6 is 51.3 Å². The number of rotatable bonds is 6. The van der Waals surface area contributed by atoms with Crippen LogP contribution in [0.3, 0.4) is 0 Å². The van der Waals surface area contributed by atoms with Gasteiger partial charge < -0.3 is 13.9 Å². The average Bonchev–Trinajstić information content (AvgIpc) is 3.62. The Balaban J connectivity index is 0.000000195. The van der Waals surface area contributed by atoms with Gasteiger partial charge in [0.05, 0.1) is 33.5 Å². The number of benzene rings is 2. The second kappa shape index (κ2) is 14.3. The number of carbonyl (C=O) groups excluding carboxylic acids is 1. The van der Waals surface area contributed by atoms with Gasteiger partial charge in [-0.1, -0.05) is 36.0 Å². The number of carbonyl (C=O) groups is 1. The van der Waals surface area contributed by atoms with E-state index in [0.717, 1.165) is 20.1 Å². The number of cyclic esters (lactones) is 1. The van der Waals surface area contributed by atoms with Crippen LogP contribution < -0.4 is 21.0 Å². The van der Waals surface area contributed by atoms with Gasteiger partial charge in [0.25, 0.3) is 0 Å². The highest BCUT2D eigenvalue weighted by molar-refractivity contribution is 9.10. The zero-order valence-corrected chi connectivity index (χ0v) is 30.2. The van der Waals surface area contributed by atoms with Crippen molar-refractivity contribution in [2.45, 2.75) is 26.6 Å². The van der Waals surface area contributed by atoms with Crippen molar-refractivity contribution in [2.24, 2.45) is 21.1 Å². The number of aryl methyl sites for hydroxylation is 2. The fraction of sp³-hybridized carbons (Fsp3) is 0.267. The summed E-state index contributed by atoms with van der Waals surface area (Å²) in [5, 5.41) is 4.80. The molecular weight excluding hydrogens is 794 g/mol. The fourth-order valence-electron chi connectivity index (χ4n) is 4.95. The van der Waals surface area contributed by atoms with Crippen molar-refractivity contribution in [2.75, 3.05) is 11.4 Å². The Kier molecular flexibility index (Phi) is 10.5. The first-order valence-electron chi connectivity index (χ1n) is 14.2. The molecule has 20 heteroatoms. The first-order chi connectivity index (χ1) is 23.6. The Morgan fingerprint density at radius 3 is 2.36 bits per heavy atom. The molecule has 6 rings (SSSR count). The monoisotopic (exact) mass is 815 g/mol. The third-order valence-corrected chi connectivity index (χ3v) is 9.18. The Morgan fingerprint density at radius 2 is 1.76 bits per heavy atom. The largest absolute Gasteiger partial charge is 0.444 e. The predicted molar refractivity (Wildman–Crippen MR) is 183 cm³/mol. The lowest BCUT2D eigenvalue weighted by Crippen LogP contribution is -2.44. The molecule has 1 aliphatic heterocycles. The van der Waals surface area contributed by atoms with Crippen molar-refractivity contribution in [3.8, 4) is 35.2 Å². The summed E-state index contributed by atoms with van der Waals surface area (Å²) >= 11 is 20.7. The Morgan fingerprint density at radius 1 is 1.10 bits per heavy atom. The standard InChI is InChI=1S/C16H13FN4O4S.C14H10BrCl2F2N3O2/c1-4-5-20-11-7-12(10(17)6-9(11)8-25-16(20)24)21-13(22)18(2)15(26)19(3)14(21)23;1-3-7-20-10-6(17)4-5(16)8(12(10)23-7)11-9(15)13(22(2)21-11)24-14(18)19/h1,6-7H,5,8H2,2-3H3;4,14H,3H2,1-2H3. The molecule has 0 saturated carbocycles. The zero-order valence-electron chi connectivity index (χ0n) is 26.3. The van der Waals surface area contributed by atoms with Crippen LogP contribution in [-0.2, 0) is 38.9 Å². The second-order valence-electron chi connectivity index (χ2n) is 10.4. The minimum atomic E-state index is -2.98. The number of nitrogens with zero attached hydrogens (tertiary/aromatic N) is 7. The lowest BCUT2D eigenvalue weighted by atomic mass is 10.1. The minimum absolute atomic E-state index is 0.00726. The third-order valence-electron chi connectivity index (χ3n) is 7.33. The molecule has 4 heterocycles. The van der Waals surface area contributed by atoms with E-state index in [1.807, 2.05) is 6.92 Å². The van der Waals surface area contributed by atoms with E-state index < -0.39 is 29.9 Å². The number of fused-ring (bicyclic) bond motifs is 2. The number of hydrogen-bond donors (Lipinski definition) is 0. The van der Waals surface area contributed by atoms with Crippen LogP contribution in [0.4, 0.5) is 23.7 Å². The molecule has 1 amide bonds. The van der Waals surface area contributed by atoms with Gasteiger partial charge in [0.15, 0.2) is 16.2 Å². The fourth-order valence-corrected chi connectivity index (χ4v) is 6.31. The van der Waals surface area contributed by atoms with E-state index in [0.29, 0.717) is 49.8 Å². The van der Waals surface area contributed by atoms with Gasteiger partial charge in [-0.3, -0.25) is 14.0 Å². The lowest BCUT2D eigenvalue weighted by molar-refractivity contribution is -0.0558. The van der Waals surface area contributed by atoms with Crippen LogP contribution in [-0.4, -0.2) is 47.7 Å². The molecule has 2 aromatic carbocycles. The molecule has 13 nitrogen and oxygen atoms in total. The number of anilines is 1. The van der Waals surface area contributed by atoms with E-state index in [2.05, 4.69) is 36.7 Å². The smallest absolute Gasteiger partial charge is 0.415 e. The first kappa shape index (κ1) is 36.7. The molecule has 5 aromatic rings. The summed E-state index contributed by atoms with van der Waals surface area (Å²) in [6.07, 6.45) is 5.13. The number of amides is 1. The highest BCUT2D eigenvalue weighted by Crippen LogP contribution is 2.44. The molecule has 0 spiro atoms. The topological polar surface area (TPSA) is 132 Å². The number of oxazole rings is 1. The molecular formula is C30H23BrCl2F3N7O6S. The Hall–Kier alpha value is -4.57. The highest BCUT2D eigenvalue weighted by Gasteiger charge is 2.29. The summed E-state index contributed by atoms with van der Waals surface area (Å²) in [6, 6.07) is 3.85. The van der Waals surface area contributed by atoms with Crippen molar-refractivity contribution in [1.82, 2.24) is 28.5 Å². The first-order valence-corrected chi connectivity index (χ1v) is 16.1. The maximum Gasteiger partial charge on any atom is 0.415 e. The molecule has 0 bridgehead atoms. The van der Waals surface area contributed by atoms with E-state index in [1.54, 1.807) is 0 Å². The van der Waals surface area contributed by atoms with E-state index in [9.17, 15) is 27.6 Å². The van der Waals surface area contributed by atoms with Gasteiger partial charge >= 0.3 is 24.1 Å². The zero-order chi connectivity index (χ0) is 36.8. The van der Waals surface area contributed by atoms with Crippen LogP contribution in [0.1, 0.15) is 18.4 Å². The quantitative estimate of drug-likeness (QED) is 0.143.